The minimum Gasteiger partial charge on any atom is -0.573 e. The van der Waals surface area contributed by atoms with Crippen LogP contribution in [-0.2, 0) is 20.0 Å². The van der Waals surface area contributed by atoms with Crippen LogP contribution in [0, 0.1) is 13.8 Å². The predicted octanol–water partition coefficient (Wildman–Crippen LogP) is 3.88. The smallest absolute Gasteiger partial charge is 0.202 e. The van der Waals surface area contributed by atoms with Crippen LogP contribution in [0.1, 0.15) is 11.5 Å². The Kier molecular flexibility index (Phi) is 5.34. The van der Waals surface area contributed by atoms with Gasteiger partial charge in [-0.2, -0.15) is 0 Å². The van der Waals surface area contributed by atoms with Crippen LogP contribution in [0.3, 0.4) is 0 Å². The van der Waals surface area contributed by atoms with E-state index in [-0.39, 0.29) is 21.3 Å². The molecule has 3 aromatic rings. The molecule has 0 radical (unpaired) electrons. The fourth-order valence-corrected chi connectivity index (χ4v) is 4.31. The molecule has 0 spiro atoms. The number of hydrogen-bond acceptors (Lipinski definition) is 6. The molecule has 10 heteroatoms. The van der Waals surface area contributed by atoms with Gasteiger partial charge < -0.3 is 14.4 Å². The largest absolute Gasteiger partial charge is 0.573 e. The third kappa shape index (κ3) is 4.65. The lowest BCUT2D eigenvalue weighted by Gasteiger charge is -2.22. The lowest BCUT2D eigenvalue weighted by molar-refractivity contribution is 0.602. The molecule has 0 atom stereocenters. The summed E-state index contributed by atoms with van der Waals surface area (Å²) < 4.78 is 56.9. The number of rotatable bonds is 6. The Balaban J connectivity index is 1.80. The molecule has 0 saturated heterocycles. The van der Waals surface area contributed by atoms with Crippen molar-refractivity contribution in [3.63, 3.8) is 0 Å². The van der Waals surface area contributed by atoms with E-state index in [2.05, 4.69) is 19.4 Å². The maximum absolute atomic E-state index is 12.5. The van der Waals surface area contributed by atoms with E-state index in [9.17, 15) is 16.8 Å². The van der Waals surface area contributed by atoms with E-state index in [1.165, 1.54) is 42.5 Å². The topological polar surface area (TPSA) is 122 Å². The molecule has 0 aliphatic rings. The van der Waals surface area contributed by atoms with Crippen LogP contribution >= 0.6 is 0 Å². The molecule has 28 heavy (non-hydrogen) atoms. The molecule has 1 heterocycles. The van der Waals surface area contributed by atoms with E-state index in [1.54, 1.807) is 32.0 Å². The second kappa shape index (κ2) is 7.56. The number of nitrogens with zero attached hydrogens (tertiary/aromatic N) is 4. The molecule has 0 amide bonds. The summed E-state index contributed by atoms with van der Waals surface area (Å²) in [5.74, 6) is 0.444. The highest BCUT2D eigenvalue weighted by Gasteiger charge is 2.10. The van der Waals surface area contributed by atoms with Gasteiger partial charge in [0.25, 0.3) is 0 Å². The van der Waals surface area contributed by atoms with Gasteiger partial charge in [-0.05, 0) is 50.0 Å². The maximum atomic E-state index is 12.5. The minimum absolute atomic E-state index is 0.0328. The molecule has 0 saturated carbocycles. The van der Waals surface area contributed by atoms with Crippen molar-refractivity contribution in [2.45, 2.75) is 23.6 Å². The van der Waals surface area contributed by atoms with Crippen LogP contribution in [-0.4, -0.2) is 26.8 Å². The van der Waals surface area contributed by atoms with E-state index in [0.29, 0.717) is 11.5 Å². The van der Waals surface area contributed by atoms with Gasteiger partial charge >= 0.3 is 0 Å². The standard InChI is InChI=1S/C18H16N4O4S2/c1-13-12-18(20-14(2)19-13)22-28(25,26)17-10-8-15(9-11-17)21-27(23,24)16-6-4-3-5-7-16/h3-12H,1-2H3/q-2. The van der Waals surface area contributed by atoms with Crippen molar-refractivity contribution in [3.05, 3.63) is 81.6 Å². The molecule has 0 aliphatic heterocycles. The highest BCUT2D eigenvalue weighted by atomic mass is 32.2. The third-order valence-corrected chi connectivity index (χ3v) is 6.18. The summed E-state index contributed by atoms with van der Waals surface area (Å²) in [6.45, 7) is 3.35. The first-order valence-electron chi connectivity index (χ1n) is 8.09. The summed E-state index contributed by atoms with van der Waals surface area (Å²) in [7, 11) is -7.90. The lowest BCUT2D eigenvalue weighted by atomic mass is 10.3. The van der Waals surface area contributed by atoms with Gasteiger partial charge in [0.1, 0.15) is 10.0 Å². The Morgan fingerprint density at radius 3 is 1.89 bits per heavy atom. The van der Waals surface area contributed by atoms with E-state index < -0.39 is 20.0 Å². The van der Waals surface area contributed by atoms with Crippen LogP contribution in [0.5, 0.6) is 0 Å². The van der Waals surface area contributed by atoms with Crippen molar-refractivity contribution >= 4 is 31.6 Å². The minimum atomic E-state index is -4.02. The zero-order valence-corrected chi connectivity index (χ0v) is 16.6. The van der Waals surface area contributed by atoms with Crippen LogP contribution < -0.4 is 0 Å². The number of sulfonamides is 2. The molecule has 1 aromatic heterocycles. The SMILES string of the molecule is Cc1cc([N-]S(=O)(=O)c2ccc([N-]S(=O)(=O)c3ccccc3)cc2)nc(C)n1. The molecule has 0 aliphatic carbocycles. The average molecular weight is 416 g/mol. The van der Waals surface area contributed by atoms with Crippen molar-refractivity contribution < 1.29 is 16.8 Å². The van der Waals surface area contributed by atoms with E-state index in [1.807, 2.05) is 0 Å². The first-order valence-corrected chi connectivity index (χ1v) is 11.0. The third-order valence-electron chi connectivity index (χ3n) is 3.57. The van der Waals surface area contributed by atoms with Gasteiger partial charge in [0.2, 0.25) is 10.0 Å². The van der Waals surface area contributed by atoms with Gasteiger partial charge in [-0.1, -0.05) is 30.3 Å². The highest BCUT2D eigenvalue weighted by molar-refractivity contribution is 7.94. The Bertz CT molecular complexity index is 1170. The van der Waals surface area contributed by atoms with Gasteiger partial charge in [0.05, 0.1) is 9.79 Å². The molecule has 0 N–H and O–H groups in total. The van der Waals surface area contributed by atoms with Crippen LogP contribution in [0.4, 0.5) is 11.5 Å². The second-order valence-electron chi connectivity index (χ2n) is 5.85. The molecule has 0 unspecified atom stereocenters. The van der Waals surface area contributed by atoms with Gasteiger partial charge in [-0.15, -0.1) is 5.69 Å². The van der Waals surface area contributed by atoms with Crippen LogP contribution in [0.2, 0.25) is 0 Å². The van der Waals surface area contributed by atoms with Gasteiger partial charge in [0.15, 0.2) is 0 Å². The molecule has 0 fully saturated rings. The van der Waals surface area contributed by atoms with E-state index in [4.69, 9.17) is 0 Å². The first-order chi connectivity index (χ1) is 13.2. The van der Waals surface area contributed by atoms with Crippen molar-refractivity contribution in [1.82, 2.24) is 9.97 Å². The Labute approximate surface area is 163 Å². The Morgan fingerprint density at radius 2 is 1.29 bits per heavy atom. The van der Waals surface area contributed by atoms with Crippen molar-refractivity contribution in [2.75, 3.05) is 0 Å². The molecule has 0 bridgehead atoms. The first kappa shape index (κ1) is 19.8. The Morgan fingerprint density at radius 1 is 0.714 bits per heavy atom. The second-order valence-corrected chi connectivity index (χ2v) is 9.06. The summed E-state index contributed by atoms with van der Waals surface area (Å²) in [5.41, 5.74) is 0.707. The summed E-state index contributed by atoms with van der Waals surface area (Å²) in [6.07, 6.45) is 0. The van der Waals surface area contributed by atoms with E-state index >= 15 is 0 Å². The summed E-state index contributed by atoms with van der Waals surface area (Å²) in [5, 5.41) is 0. The van der Waals surface area contributed by atoms with Crippen molar-refractivity contribution in [1.29, 1.82) is 0 Å². The van der Waals surface area contributed by atoms with Gasteiger partial charge in [0, 0.05) is 11.5 Å². The van der Waals surface area contributed by atoms with Gasteiger partial charge in [-0.25, -0.2) is 16.8 Å². The van der Waals surface area contributed by atoms with Crippen molar-refractivity contribution in [3.8, 4) is 0 Å². The lowest BCUT2D eigenvalue weighted by Crippen LogP contribution is -2.00. The monoisotopic (exact) mass is 416 g/mol. The number of aryl methyl sites for hydroxylation is 2. The van der Waals surface area contributed by atoms with Crippen molar-refractivity contribution in [2.24, 2.45) is 0 Å². The summed E-state index contributed by atoms with van der Waals surface area (Å²) in [6, 6.07) is 14.3. The molecule has 8 nitrogen and oxygen atoms in total. The summed E-state index contributed by atoms with van der Waals surface area (Å²) >= 11 is 0. The van der Waals surface area contributed by atoms with Crippen LogP contribution in [0.25, 0.3) is 9.44 Å². The summed E-state index contributed by atoms with van der Waals surface area (Å²) in [4.78, 5) is 8.01. The quantitative estimate of drug-likeness (QED) is 0.601. The van der Waals surface area contributed by atoms with E-state index in [0.717, 1.165) is 0 Å². The fraction of sp³-hybridized carbons (Fsp3) is 0.111. The number of benzene rings is 2. The zero-order chi connectivity index (χ0) is 20.4. The molecule has 2 aromatic carbocycles. The normalized spacial score (nSPS) is 11.8. The number of hydrogen-bond donors (Lipinski definition) is 0. The average Bonchev–Trinajstić information content (AvgIpc) is 2.61. The zero-order valence-electron chi connectivity index (χ0n) is 15.0. The van der Waals surface area contributed by atoms with Crippen LogP contribution in [0.15, 0.2) is 70.5 Å². The molecular formula is C18H16N4O4S2-2. The highest BCUT2D eigenvalue weighted by Crippen LogP contribution is 2.31. The maximum Gasteiger partial charge on any atom is 0.202 e. The fourth-order valence-electron chi connectivity index (χ4n) is 2.38. The number of aromatic nitrogens is 2. The molecule has 3 rings (SSSR count). The molecular weight excluding hydrogens is 400 g/mol. The predicted molar refractivity (Wildman–Crippen MR) is 105 cm³/mol. The Hall–Kier alpha value is -2.98. The molecule has 146 valence electrons. The van der Waals surface area contributed by atoms with Gasteiger partial charge in [-0.3, -0.25) is 4.98 Å².